The van der Waals surface area contributed by atoms with E-state index in [2.05, 4.69) is 20.6 Å². The van der Waals surface area contributed by atoms with Gasteiger partial charge in [0.05, 0.1) is 0 Å². The Kier molecular flexibility index (Phi) is 3.72. The van der Waals surface area contributed by atoms with Crippen molar-refractivity contribution < 1.29 is 8.78 Å². The molecule has 1 saturated heterocycles. The van der Waals surface area contributed by atoms with Gasteiger partial charge in [-0.2, -0.15) is 0 Å². The van der Waals surface area contributed by atoms with E-state index in [0.717, 1.165) is 13.0 Å². The summed E-state index contributed by atoms with van der Waals surface area (Å²) in [5.74, 6) is -0.853. The number of likely N-dealkylation sites (N-methyl/N-ethyl adjacent to an activating group) is 1. The lowest BCUT2D eigenvalue weighted by atomic mass is 9.96. The zero-order valence-corrected chi connectivity index (χ0v) is 12.6. The molecule has 1 saturated carbocycles. The number of guanidine groups is 2. The maximum absolute atomic E-state index is 13.4. The second kappa shape index (κ2) is 5.31. The van der Waals surface area contributed by atoms with E-state index in [9.17, 15) is 8.78 Å². The third-order valence-corrected chi connectivity index (χ3v) is 4.90. The molecule has 0 spiro atoms. The van der Waals surface area contributed by atoms with E-state index in [1.54, 1.807) is 0 Å². The van der Waals surface area contributed by atoms with Gasteiger partial charge in [-0.25, -0.2) is 18.8 Å². The molecule has 2 aliphatic heterocycles. The van der Waals surface area contributed by atoms with Gasteiger partial charge < -0.3 is 16.8 Å². The Labute approximate surface area is 128 Å². The lowest BCUT2D eigenvalue weighted by molar-refractivity contribution is 0.00853. The number of alkyl halides is 2. The number of hydrogen-bond donors (Lipinski definition) is 4. The number of aliphatic imine (C=N–C) groups is 2. The minimum absolute atomic E-state index is 0.130. The van der Waals surface area contributed by atoms with Crippen LogP contribution in [0.1, 0.15) is 25.7 Å². The quantitative estimate of drug-likeness (QED) is 0.553. The largest absolute Gasteiger partial charge is 0.370 e. The van der Waals surface area contributed by atoms with Gasteiger partial charge in [0.25, 0.3) is 0 Å². The molecule has 0 aromatic carbocycles. The normalized spacial score (nSPS) is 29.9. The predicted molar refractivity (Wildman–Crippen MR) is 80.4 cm³/mol. The van der Waals surface area contributed by atoms with Crippen molar-refractivity contribution >= 4 is 11.9 Å². The number of nitrogens with two attached hydrogens (primary N) is 2. The van der Waals surface area contributed by atoms with Crippen LogP contribution in [0.15, 0.2) is 9.98 Å². The minimum atomic E-state index is -2.38. The van der Waals surface area contributed by atoms with Crippen molar-refractivity contribution in [3.63, 3.8) is 0 Å². The summed E-state index contributed by atoms with van der Waals surface area (Å²) >= 11 is 0. The Balaban J connectivity index is 1.91. The topological polar surface area (TPSA) is 104 Å². The van der Waals surface area contributed by atoms with Crippen LogP contribution in [0, 0.1) is 5.41 Å². The summed E-state index contributed by atoms with van der Waals surface area (Å²) in [5.41, 5.74) is 10.6. The van der Waals surface area contributed by atoms with Crippen molar-refractivity contribution in [1.82, 2.24) is 15.5 Å². The van der Waals surface area contributed by atoms with Crippen molar-refractivity contribution in [2.45, 2.75) is 43.9 Å². The molecule has 3 rings (SSSR count). The Morgan fingerprint density at radius 2 is 2.00 bits per heavy atom. The molecule has 6 N–H and O–H groups in total. The van der Waals surface area contributed by atoms with Crippen LogP contribution >= 0.6 is 0 Å². The van der Waals surface area contributed by atoms with Crippen LogP contribution < -0.4 is 22.1 Å². The van der Waals surface area contributed by atoms with Crippen LogP contribution in [0.5, 0.6) is 0 Å². The van der Waals surface area contributed by atoms with Gasteiger partial charge in [-0.3, -0.25) is 10.2 Å². The molecule has 22 heavy (non-hydrogen) atoms. The van der Waals surface area contributed by atoms with Crippen LogP contribution in [0.2, 0.25) is 0 Å². The molecule has 1 aliphatic carbocycles. The SMILES string of the molecule is CN[C@@H]1CCN(C2(CC3(C(F)F)CC3)N=C(N)NC(N)=N2)C1. The predicted octanol–water partition coefficient (Wildman–Crippen LogP) is -0.398. The van der Waals surface area contributed by atoms with Gasteiger partial charge in [-0.1, -0.05) is 0 Å². The molecule has 9 heteroatoms. The molecule has 0 aromatic heterocycles. The smallest absolute Gasteiger partial charge is 0.244 e. The highest BCUT2D eigenvalue weighted by Gasteiger charge is 2.58. The zero-order chi connectivity index (χ0) is 16.0. The summed E-state index contributed by atoms with van der Waals surface area (Å²) in [6, 6.07) is 0.293. The van der Waals surface area contributed by atoms with E-state index in [4.69, 9.17) is 11.5 Å². The number of rotatable bonds is 5. The molecular weight excluding hydrogens is 292 g/mol. The van der Waals surface area contributed by atoms with Gasteiger partial charge in [0, 0.05) is 31.0 Å². The Morgan fingerprint density at radius 1 is 1.36 bits per heavy atom. The molecule has 2 heterocycles. The zero-order valence-electron chi connectivity index (χ0n) is 12.6. The average molecular weight is 315 g/mol. The van der Waals surface area contributed by atoms with Crippen molar-refractivity contribution in [1.29, 1.82) is 0 Å². The van der Waals surface area contributed by atoms with E-state index in [1.807, 2.05) is 11.9 Å². The van der Waals surface area contributed by atoms with Crippen molar-refractivity contribution in [3.8, 4) is 0 Å². The summed E-state index contributed by atoms with van der Waals surface area (Å²) in [6.07, 6.45) is -0.327. The molecule has 0 unspecified atom stereocenters. The highest BCUT2D eigenvalue weighted by Crippen LogP contribution is 2.57. The minimum Gasteiger partial charge on any atom is -0.370 e. The van der Waals surface area contributed by atoms with Gasteiger partial charge in [-0.05, 0) is 26.3 Å². The van der Waals surface area contributed by atoms with E-state index in [1.165, 1.54) is 0 Å². The standard InChI is InChI=1S/C13H23F2N7/c1-18-8-2-5-22(6-8)13(7-12(3-4-12)9(14)15)20-10(16)19-11(17)21-13/h8-9,18H,2-7H2,1H3,(H5,16,17,19,20,21)/t8-/m1/s1. The third kappa shape index (κ3) is 2.63. The van der Waals surface area contributed by atoms with Crippen molar-refractivity contribution in [3.05, 3.63) is 0 Å². The third-order valence-electron chi connectivity index (χ3n) is 4.90. The second-order valence-electron chi connectivity index (χ2n) is 6.45. The maximum atomic E-state index is 13.4. The molecule has 0 amide bonds. The molecule has 124 valence electrons. The fourth-order valence-electron chi connectivity index (χ4n) is 3.36. The van der Waals surface area contributed by atoms with Crippen molar-refractivity contribution in [2.24, 2.45) is 26.9 Å². The van der Waals surface area contributed by atoms with Gasteiger partial charge in [0.15, 0.2) is 11.9 Å². The van der Waals surface area contributed by atoms with Crippen LogP contribution in [0.4, 0.5) is 8.78 Å². The number of likely N-dealkylation sites (tertiary alicyclic amines) is 1. The summed E-state index contributed by atoms with van der Waals surface area (Å²) in [4.78, 5) is 10.8. The lowest BCUT2D eigenvalue weighted by Crippen LogP contribution is -2.57. The number of nitrogens with one attached hydrogen (secondary N) is 2. The first-order valence-electron chi connectivity index (χ1n) is 7.57. The lowest BCUT2D eigenvalue weighted by Gasteiger charge is -2.39. The highest BCUT2D eigenvalue weighted by molar-refractivity contribution is 5.98. The average Bonchev–Trinajstić information content (AvgIpc) is 3.04. The first kappa shape index (κ1) is 15.4. The van der Waals surface area contributed by atoms with Gasteiger partial charge in [0.1, 0.15) is 0 Å². The summed E-state index contributed by atoms with van der Waals surface area (Å²) in [7, 11) is 1.89. The second-order valence-corrected chi connectivity index (χ2v) is 6.45. The molecule has 2 fully saturated rings. The molecule has 0 radical (unpaired) electrons. The number of hydrogen-bond acceptors (Lipinski definition) is 7. The first-order valence-corrected chi connectivity index (χ1v) is 7.57. The van der Waals surface area contributed by atoms with Gasteiger partial charge in [-0.15, -0.1) is 0 Å². The number of halogens is 2. The Morgan fingerprint density at radius 3 is 2.45 bits per heavy atom. The summed E-state index contributed by atoms with van der Waals surface area (Å²) in [5, 5.41) is 5.85. The monoisotopic (exact) mass is 315 g/mol. The van der Waals surface area contributed by atoms with Crippen LogP contribution in [0.3, 0.4) is 0 Å². The summed E-state index contributed by atoms with van der Waals surface area (Å²) < 4.78 is 26.8. The van der Waals surface area contributed by atoms with E-state index in [0.29, 0.717) is 25.4 Å². The summed E-state index contributed by atoms with van der Waals surface area (Å²) in [6.45, 7) is 1.40. The molecule has 1 atom stereocenters. The van der Waals surface area contributed by atoms with Crippen LogP contribution in [-0.4, -0.2) is 55.2 Å². The maximum Gasteiger partial charge on any atom is 0.244 e. The molecular formula is C13H23F2N7. The molecule has 0 aromatic rings. The molecule has 3 aliphatic rings. The van der Waals surface area contributed by atoms with Crippen LogP contribution in [0.25, 0.3) is 0 Å². The fraction of sp³-hybridized carbons (Fsp3) is 0.846. The molecule has 7 nitrogen and oxygen atoms in total. The van der Waals surface area contributed by atoms with Gasteiger partial charge >= 0.3 is 0 Å². The fourth-order valence-corrected chi connectivity index (χ4v) is 3.36. The highest BCUT2D eigenvalue weighted by atomic mass is 19.3. The first-order chi connectivity index (χ1) is 10.4. The van der Waals surface area contributed by atoms with Crippen molar-refractivity contribution in [2.75, 3.05) is 20.1 Å². The van der Waals surface area contributed by atoms with E-state index >= 15 is 0 Å². The number of nitrogens with zero attached hydrogens (tertiary/aromatic N) is 3. The van der Waals surface area contributed by atoms with E-state index < -0.39 is 17.6 Å². The van der Waals surface area contributed by atoms with Crippen LogP contribution in [-0.2, 0) is 0 Å². The molecule has 0 bridgehead atoms. The Bertz CT molecular complexity index is 483. The van der Waals surface area contributed by atoms with Gasteiger partial charge in [0.2, 0.25) is 12.2 Å². The van der Waals surface area contributed by atoms with E-state index in [-0.39, 0.29) is 18.3 Å². The Hall–Kier alpha value is -1.48.